The minimum Gasteiger partial charge on any atom is -0.496 e. The minimum absolute atomic E-state index is 0.0210. The highest BCUT2D eigenvalue weighted by Gasteiger charge is 2.18. The van der Waals surface area contributed by atoms with E-state index in [2.05, 4.69) is 6.92 Å². The minimum atomic E-state index is -0.683. The predicted molar refractivity (Wildman–Crippen MR) is 104 cm³/mol. The molecule has 0 amide bonds. The van der Waals surface area contributed by atoms with Crippen molar-refractivity contribution < 1.29 is 18.7 Å². The third kappa shape index (κ3) is 3.87. The van der Waals surface area contributed by atoms with Gasteiger partial charge in [-0.2, -0.15) is 0 Å². The Labute approximate surface area is 157 Å². The van der Waals surface area contributed by atoms with E-state index in [1.54, 1.807) is 24.3 Å². The number of ether oxygens (including phenoxy) is 2. The van der Waals surface area contributed by atoms with Gasteiger partial charge in [0.1, 0.15) is 22.6 Å². The van der Waals surface area contributed by atoms with Crippen LogP contribution in [0.2, 0.25) is 0 Å². The summed E-state index contributed by atoms with van der Waals surface area (Å²) >= 11 is 0. The number of ketones is 1. The van der Waals surface area contributed by atoms with Crippen LogP contribution < -0.4 is 15.1 Å². The van der Waals surface area contributed by atoms with Crippen LogP contribution in [0.1, 0.15) is 41.3 Å². The van der Waals surface area contributed by atoms with E-state index in [0.717, 1.165) is 19.3 Å². The summed E-state index contributed by atoms with van der Waals surface area (Å²) in [5.41, 5.74) is 1.23. The van der Waals surface area contributed by atoms with Gasteiger partial charge in [0, 0.05) is 17.7 Å². The first kappa shape index (κ1) is 18.7. The van der Waals surface area contributed by atoms with Gasteiger partial charge in [-0.15, -0.1) is 0 Å². The molecule has 0 aliphatic rings. The Morgan fingerprint density at radius 2 is 1.78 bits per heavy atom. The van der Waals surface area contributed by atoms with Gasteiger partial charge >= 0.3 is 5.63 Å². The Morgan fingerprint density at radius 1 is 1.04 bits per heavy atom. The molecule has 0 saturated carbocycles. The molecule has 0 fully saturated rings. The molecule has 0 aliphatic carbocycles. The van der Waals surface area contributed by atoms with Gasteiger partial charge < -0.3 is 13.9 Å². The molecule has 0 N–H and O–H groups in total. The third-order valence-electron chi connectivity index (χ3n) is 4.52. The molecule has 0 spiro atoms. The first-order valence-electron chi connectivity index (χ1n) is 8.91. The number of unbranched alkanes of at least 4 members (excludes halogenated alkanes) is 1. The van der Waals surface area contributed by atoms with Crippen molar-refractivity contribution in [2.24, 2.45) is 0 Å². The maximum Gasteiger partial charge on any atom is 0.347 e. The van der Waals surface area contributed by atoms with E-state index in [4.69, 9.17) is 13.9 Å². The second-order valence-electron chi connectivity index (χ2n) is 6.32. The van der Waals surface area contributed by atoms with Gasteiger partial charge in [-0.25, -0.2) is 4.79 Å². The highest BCUT2D eigenvalue weighted by molar-refractivity contribution is 6.10. The van der Waals surface area contributed by atoms with E-state index in [-0.39, 0.29) is 11.3 Å². The molecule has 0 atom stereocenters. The summed E-state index contributed by atoms with van der Waals surface area (Å²) in [6.07, 6.45) is 3.19. The molecule has 5 heteroatoms. The maximum absolute atomic E-state index is 12.8. The van der Waals surface area contributed by atoms with Crippen molar-refractivity contribution in [1.82, 2.24) is 0 Å². The Hall–Kier alpha value is -3.08. The van der Waals surface area contributed by atoms with Crippen LogP contribution in [-0.4, -0.2) is 20.0 Å². The van der Waals surface area contributed by atoms with Crippen LogP contribution in [-0.2, 0) is 6.42 Å². The van der Waals surface area contributed by atoms with Crippen molar-refractivity contribution >= 4 is 16.8 Å². The number of methoxy groups -OCH3 is 2. The Bertz CT molecular complexity index is 1020. The number of hydrogen-bond acceptors (Lipinski definition) is 5. The molecule has 0 saturated heterocycles. The van der Waals surface area contributed by atoms with Crippen molar-refractivity contribution in [1.29, 1.82) is 0 Å². The average Bonchev–Trinajstić information content (AvgIpc) is 2.70. The summed E-state index contributed by atoms with van der Waals surface area (Å²) in [5, 5.41) is 0.542. The van der Waals surface area contributed by atoms with Crippen LogP contribution >= 0.6 is 0 Å². The van der Waals surface area contributed by atoms with Crippen molar-refractivity contribution in [3.8, 4) is 11.5 Å². The summed E-state index contributed by atoms with van der Waals surface area (Å²) in [6, 6.07) is 12.2. The van der Waals surface area contributed by atoms with E-state index in [0.29, 0.717) is 28.0 Å². The Kier molecular flexibility index (Phi) is 5.60. The normalized spacial score (nSPS) is 10.8. The van der Waals surface area contributed by atoms with Crippen molar-refractivity contribution in [2.75, 3.05) is 14.2 Å². The number of carbonyl (C=O) groups excluding carboxylic acids is 1. The first-order chi connectivity index (χ1) is 13.1. The van der Waals surface area contributed by atoms with E-state index in [1.807, 2.05) is 12.1 Å². The number of hydrogen-bond donors (Lipinski definition) is 0. The Morgan fingerprint density at radius 3 is 2.41 bits per heavy atom. The van der Waals surface area contributed by atoms with Crippen LogP contribution in [0.15, 0.2) is 51.7 Å². The summed E-state index contributed by atoms with van der Waals surface area (Å²) in [7, 11) is 3.02. The van der Waals surface area contributed by atoms with Gasteiger partial charge in [-0.1, -0.05) is 37.6 Å². The smallest absolute Gasteiger partial charge is 0.347 e. The first-order valence-corrected chi connectivity index (χ1v) is 8.91. The number of fused-ring (bicyclic) bond motifs is 1. The van der Waals surface area contributed by atoms with E-state index >= 15 is 0 Å². The predicted octanol–water partition coefficient (Wildman–Crippen LogP) is 4.38. The summed E-state index contributed by atoms with van der Waals surface area (Å²) in [6.45, 7) is 2.14. The zero-order valence-corrected chi connectivity index (χ0v) is 15.7. The molecule has 0 bridgehead atoms. The van der Waals surface area contributed by atoms with Crippen molar-refractivity contribution in [3.05, 3.63) is 69.6 Å². The fourth-order valence-corrected chi connectivity index (χ4v) is 2.97. The lowest BCUT2D eigenvalue weighted by Gasteiger charge is -2.09. The van der Waals surface area contributed by atoms with Crippen molar-refractivity contribution in [3.63, 3.8) is 0 Å². The molecule has 1 heterocycles. The highest BCUT2D eigenvalue weighted by Crippen LogP contribution is 2.31. The molecular formula is C22H22O5. The summed E-state index contributed by atoms with van der Waals surface area (Å²) in [5.74, 6) is 0.604. The van der Waals surface area contributed by atoms with E-state index in [9.17, 15) is 9.59 Å². The summed E-state index contributed by atoms with van der Waals surface area (Å²) < 4.78 is 15.9. The number of aryl methyl sites for hydroxylation is 1. The topological polar surface area (TPSA) is 65.7 Å². The SMILES string of the molecule is CCCCc1ccc(C(=O)c2cc3c(OC)cc(OC)cc3oc2=O)cc1. The molecule has 5 nitrogen and oxygen atoms in total. The quantitative estimate of drug-likeness (QED) is 0.458. The lowest BCUT2D eigenvalue weighted by atomic mass is 10.0. The molecule has 140 valence electrons. The fourth-order valence-electron chi connectivity index (χ4n) is 2.97. The van der Waals surface area contributed by atoms with Crippen LogP contribution in [0.3, 0.4) is 0 Å². The molecule has 1 aromatic heterocycles. The Balaban J connectivity index is 2.01. The molecule has 0 aliphatic heterocycles. The molecule has 0 unspecified atom stereocenters. The van der Waals surface area contributed by atoms with Crippen LogP contribution in [0, 0.1) is 0 Å². The zero-order valence-electron chi connectivity index (χ0n) is 15.7. The monoisotopic (exact) mass is 366 g/mol. The van der Waals surface area contributed by atoms with Gasteiger partial charge in [0.2, 0.25) is 0 Å². The van der Waals surface area contributed by atoms with Gasteiger partial charge in [0.05, 0.1) is 19.6 Å². The van der Waals surface area contributed by atoms with Crippen LogP contribution in [0.5, 0.6) is 11.5 Å². The van der Waals surface area contributed by atoms with Gasteiger partial charge in [-0.3, -0.25) is 4.79 Å². The van der Waals surface area contributed by atoms with Crippen molar-refractivity contribution in [2.45, 2.75) is 26.2 Å². The molecule has 3 rings (SSSR count). The third-order valence-corrected chi connectivity index (χ3v) is 4.52. The van der Waals surface area contributed by atoms with Crippen LogP contribution in [0.25, 0.3) is 11.0 Å². The standard InChI is InChI=1S/C22H22O5/c1-4-5-6-14-7-9-15(10-8-14)21(23)18-13-17-19(26-3)11-16(25-2)12-20(17)27-22(18)24/h7-13H,4-6H2,1-3H3. The zero-order chi connectivity index (χ0) is 19.4. The second kappa shape index (κ2) is 8.08. The molecule has 27 heavy (non-hydrogen) atoms. The van der Waals surface area contributed by atoms with Gasteiger partial charge in [0.25, 0.3) is 0 Å². The number of benzene rings is 2. The maximum atomic E-state index is 12.8. The summed E-state index contributed by atoms with van der Waals surface area (Å²) in [4.78, 5) is 25.2. The largest absolute Gasteiger partial charge is 0.496 e. The fraction of sp³-hybridized carbons (Fsp3) is 0.273. The van der Waals surface area contributed by atoms with Crippen LogP contribution in [0.4, 0.5) is 0 Å². The molecule has 2 aromatic carbocycles. The molecular weight excluding hydrogens is 344 g/mol. The number of carbonyl (C=O) groups is 1. The van der Waals surface area contributed by atoms with Gasteiger partial charge in [0.15, 0.2) is 5.78 Å². The lowest BCUT2D eigenvalue weighted by Crippen LogP contribution is -2.15. The second-order valence-corrected chi connectivity index (χ2v) is 6.32. The number of rotatable bonds is 7. The van der Waals surface area contributed by atoms with E-state index in [1.165, 1.54) is 25.8 Å². The van der Waals surface area contributed by atoms with E-state index < -0.39 is 5.63 Å². The lowest BCUT2D eigenvalue weighted by molar-refractivity contribution is 0.103. The highest BCUT2D eigenvalue weighted by atomic mass is 16.5. The molecule has 3 aromatic rings. The average molecular weight is 366 g/mol. The molecule has 0 radical (unpaired) electrons. The van der Waals surface area contributed by atoms with Gasteiger partial charge in [-0.05, 0) is 24.5 Å².